The minimum absolute atomic E-state index is 0.00561. The van der Waals surface area contributed by atoms with Gasteiger partial charge in [-0.2, -0.15) is 0 Å². The second kappa shape index (κ2) is 4.56. The molecule has 1 aliphatic carbocycles. The van der Waals surface area contributed by atoms with Gasteiger partial charge in [0.25, 0.3) is 0 Å². The Morgan fingerprint density at radius 2 is 2.25 bits per heavy atom. The molecular weight excluding hydrogens is 210 g/mol. The lowest BCUT2D eigenvalue weighted by atomic mass is 9.99. The van der Waals surface area contributed by atoms with Crippen molar-refractivity contribution in [3.8, 4) is 0 Å². The monoisotopic (exact) mass is 225 g/mol. The summed E-state index contributed by atoms with van der Waals surface area (Å²) < 4.78 is 1.36. The van der Waals surface area contributed by atoms with Crippen molar-refractivity contribution in [1.82, 2.24) is 25.5 Å². The van der Waals surface area contributed by atoms with Gasteiger partial charge in [0, 0.05) is 0 Å². The normalized spacial score (nSPS) is 18.6. The van der Waals surface area contributed by atoms with Gasteiger partial charge in [0.15, 0.2) is 0 Å². The fraction of sp³-hybridized carbons (Fsp3) is 0.778. The summed E-state index contributed by atoms with van der Waals surface area (Å²) in [5, 5.41) is 22.7. The van der Waals surface area contributed by atoms with Crippen LogP contribution in [0.4, 0.5) is 0 Å². The summed E-state index contributed by atoms with van der Waals surface area (Å²) in [6.07, 6.45) is 5.16. The lowest BCUT2D eigenvalue weighted by Crippen LogP contribution is -2.50. The van der Waals surface area contributed by atoms with Gasteiger partial charge in [-0.3, -0.25) is 4.79 Å². The number of hydrogen-bond donors (Lipinski definition) is 2. The number of tetrazole rings is 1. The zero-order valence-corrected chi connectivity index (χ0v) is 8.96. The average molecular weight is 225 g/mol. The SMILES string of the molecule is O=C(Cn1cnnn1)NC1(CO)CCCC1. The Balaban J connectivity index is 1.91. The largest absolute Gasteiger partial charge is 0.394 e. The van der Waals surface area contributed by atoms with Crippen LogP contribution in [-0.2, 0) is 11.3 Å². The number of nitrogens with one attached hydrogen (secondary N) is 1. The topological polar surface area (TPSA) is 92.9 Å². The van der Waals surface area contributed by atoms with Crippen LogP contribution in [0.2, 0.25) is 0 Å². The Labute approximate surface area is 92.8 Å². The van der Waals surface area contributed by atoms with Crippen molar-refractivity contribution in [2.45, 2.75) is 37.8 Å². The second-order valence-corrected chi connectivity index (χ2v) is 4.20. The molecule has 88 valence electrons. The second-order valence-electron chi connectivity index (χ2n) is 4.20. The van der Waals surface area contributed by atoms with E-state index in [4.69, 9.17) is 0 Å². The average Bonchev–Trinajstić information content (AvgIpc) is 2.90. The van der Waals surface area contributed by atoms with Crippen molar-refractivity contribution >= 4 is 5.91 Å². The molecule has 0 bridgehead atoms. The van der Waals surface area contributed by atoms with E-state index in [1.54, 1.807) is 0 Å². The van der Waals surface area contributed by atoms with Gasteiger partial charge in [0.1, 0.15) is 12.9 Å². The Bertz CT molecular complexity index is 345. The third-order valence-corrected chi connectivity index (χ3v) is 2.96. The highest BCUT2D eigenvalue weighted by molar-refractivity contribution is 5.76. The van der Waals surface area contributed by atoms with Crippen molar-refractivity contribution < 1.29 is 9.90 Å². The van der Waals surface area contributed by atoms with E-state index in [-0.39, 0.29) is 19.1 Å². The standard InChI is InChI=1S/C9H15N5O2/c15-6-9(3-1-2-4-9)11-8(16)5-14-7-10-12-13-14/h7,15H,1-6H2,(H,11,16). The molecule has 1 heterocycles. The molecule has 0 aromatic carbocycles. The zero-order chi connectivity index (χ0) is 11.4. The molecule has 1 saturated carbocycles. The molecule has 2 rings (SSSR count). The molecule has 7 heteroatoms. The van der Waals surface area contributed by atoms with E-state index in [2.05, 4.69) is 20.8 Å². The maximum Gasteiger partial charge on any atom is 0.242 e. The van der Waals surface area contributed by atoms with Crippen LogP contribution in [0.3, 0.4) is 0 Å². The van der Waals surface area contributed by atoms with Crippen molar-refractivity contribution in [2.24, 2.45) is 0 Å². The minimum Gasteiger partial charge on any atom is -0.394 e. The molecule has 1 fully saturated rings. The number of rotatable bonds is 4. The maximum absolute atomic E-state index is 11.7. The number of amides is 1. The van der Waals surface area contributed by atoms with E-state index in [1.807, 2.05) is 0 Å². The van der Waals surface area contributed by atoms with Crippen LogP contribution < -0.4 is 5.32 Å². The summed E-state index contributed by atoms with van der Waals surface area (Å²) in [4.78, 5) is 11.7. The van der Waals surface area contributed by atoms with Gasteiger partial charge in [0.05, 0.1) is 12.1 Å². The molecule has 0 spiro atoms. The first-order valence-corrected chi connectivity index (χ1v) is 5.37. The number of nitrogens with zero attached hydrogens (tertiary/aromatic N) is 4. The fourth-order valence-electron chi connectivity index (χ4n) is 2.11. The van der Waals surface area contributed by atoms with Gasteiger partial charge < -0.3 is 10.4 Å². The quantitative estimate of drug-likeness (QED) is 0.692. The molecule has 2 N–H and O–H groups in total. The number of carbonyl (C=O) groups is 1. The first-order chi connectivity index (χ1) is 7.74. The Morgan fingerprint density at radius 3 is 2.81 bits per heavy atom. The maximum atomic E-state index is 11.7. The van der Waals surface area contributed by atoms with Crippen LogP contribution in [-0.4, -0.2) is 43.4 Å². The number of aliphatic hydroxyl groups is 1. The van der Waals surface area contributed by atoms with Gasteiger partial charge >= 0.3 is 0 Å². The summed E-state index contributed by atoms with van der Waals surface area (Å²) in [5.74, 6) is -0.164. The molecule has 0 saturated heterocycles. The molecule has 0 unspecified atom stereocenters. The van der Waals surface area contributed by atoms with E-state index in [0.29, 0.717) is 0 Å². The Hall–Kier alpha value is -1.50. The van der Waals surface area contributed by atoms with Crippen LogP contribution in [0.1, 0.15) is 25.7 Å². The molecule has 0 aliphatic heterocycles. The van der Waals surface area contributed by atoms with Crippen molar-refractivity contribution in [2.75, 3.05) is 6.61 Å². The predicted octanol–water partition coefficient (Wildman–Crippen LogP) is -0.906. The van der Waals surface area contributed by atoms with Crippen LogP contribution >= 0.6 is 0 Å². The van der Waals surface area contributed by atoms with Crippen LogP contribution in [0.5, 0.6) is 0 Å². The third kappa shape index (κ3) is 2.35. The number of aliphatic hydroxyl groups excluding tert-OH is 1. The summed E-state index contributed by atoms with van der Waals surface area (Å²) in [6, 6.07) is 0. The summed E-state index contributed by atoms with van der Waals surface area (Å²) in [6.45, 7) is 0.0864. The molecule has 16 heavy (non-hydrogen) atoms. The van der Waals surface area contributed by atoms with E-state index in [9.17, 15) is 9.90 Å². The van der Waals surface area contributed by atoms with Gasteiger partial charge in [-0.15, -0.1) is 5.10 Å². The molecule has 1 aromatic heterocycles. The number of aromatic nitrogens is 4. The fourth-order valence-corrected chi connectivity index (χ4v) is 2.11. The number of hydrogen-bond acceptors (Lipinski definition) is 5. The van der Waals surface area contributed by atoms with Gasteiger partial charge in [-0.05, 0) is 23.3 Å². The van der Waals surface area contributed by atoms with Gasteiger partial charge in [-0.25, -0.2) is 4.68 Å². The lowest BCUT2D eigenvalue weighted by molar-refractivity contribution is -0.124. The summed E-state index contributed by atoms with van der Waals surface area (Å²) >= 11 is 0. The smallest absolute Gasteiger partial charge is 0.242 e. The zero-order valence-electron chi connectivity index (χ0n) is 8.96. The van der Waals surface area contributed by atoms with Crippen molar-refractivity contribution in [3.05, 3.63) is 6.33 Å². The Morgan fingerprint density at radius 1 is 1.50 bits per heavy atom. The van der Waals surface area contributed by atoms with Crippen molar-refractivity contribution in [3.63, 3.8) is 0 Å². The van der Waals surface area contributed by atoms with E-state index in [1.165, 1.54) is 11.0 Å². The van der Waals surface area contributed by atoms with Gasteiger partial charge in [-0.1, -0.05) is 12.8 Å². The van der Waals surface area contributed by atoms with Crippen LogP contribution in [0.15, 0.2) is 6.33 Å². The minimum atomic E-state index is -0.426. The van der Waals surface area contributed by atoms with Crippen LogP contribution in [0, 0.1) is 0 Å². The van der Waals surface area contributed by atoms with E-state index >= 15 is 0 Å². The first kappa shape index (κ1) is 11.0. The number of carbonyl (C=O) groups excluding carboxylic acids is 1. The highest BCUT2D eigenvalue weighted by atomic mass is 16.3. The summed E-state index contributed by atoms with van der Waals surface area (Å²) in [5.41, 5.74) is -0.426. The molecular formula is C9H15N5O2. The highest BCUT2D eigenvalue weighted by Crippen LogP contribution is 2.28. The van der Waals surface area contributed by atoms with Crippen LogP contribution in [0.25, 0.3) is 0 Å². The molecule has 1 amide bonds. The van der Waals surface area contributed by atoms with E-state index < -0.39 is 5.54 Å². The molecule has 1 aliphatic rings. The predicted molar refractivity (Wildman–Crippen MR) is 54.2 cm³/mol. The molecule has 0 atom stereocenters. The first-order valence-electron chi connectivity index (χ1n) is 5.37. The van der Waals surface area contributed by atoms with E-state index in [0.717, 1.165) is 25.7 Å². The third-order valence-electron chi connectivity index (χ3n) is 2.96. The summed E-state index contributed by atoms with van der Waals surface area (Å²) in [7, 11) is 0. The molecule has 1 aromatic rings. The lowest BCUT2D eigenvalue weighted by Gasteiger charge is -2.27. The van der Waals surface area contributed by atoms with Gasteiger partial charge in [0.2, 0.25) is 5.91 Å². The molecule has 0 radical (unpaired) electrons. The molecule has 7 nitrogen and oxygen atoms in total. The van der Waals surface area contributed by atoms with Crippen molar-refractivity contribution in [1.29, 1.82) is 0 Å². The highest BCUT2D eigenvalue weighted by Gasteiger charge is 2.34. The Kier molecular flexibility index (Phi) is 3.14.